The average molecular weight is 278 g/mol. The SMILES string of the molecule is CCNCc1ccc(F)c(CN(C)CC(F)(F)F)c1. The minimum absolute atomic E-state index is 0.0642. The van der Waals surface area contributed by atoms with Gasteiger partial charge in [0.05, 0.1) is 6.54 Å². The van der Waals surface area contributed by atoms with Crippen molar-refractivity contribution in [1.29, 1.82) is 0 Å². The molecule has 1 rings (SSSR count). The highest BCUT2D eigenvalue weighted by Gasteiger charge is 2.29. The summed E-state index contributed by atoms with van der Waals surface area (Å²) in [5.74, 6) is -0.478. The fourth-order valence-electron chi connectivity index (χ4n) is 1.78. The summed E-state index contributed by atoms with van der Waals surface area (Å²) in [6.45, 7) is 2.18. The number of alkyl halides is 3. The first-order valence-electron chi connectivity index (χ1n) is 6.05. The van der Waals surface area contributed by atoms with Crippen LogP contribution in [0.1, 0.15) is 18.1 Å². The van der Waals surface area contributed by atoms with Crippen LogP contribution in [0.3, 0.4) is 0 Å². The number of benzene rings is 1. The number of nitrogens with one attached hydrogen (secondary N) is 1. The second-order valence-corrected chi connectivity index (χ2v) is 4.49. The number of halogens is 4. The van der Waals surface area contributed by atoms with Crippen molar-refractivity contribution in [2.45, 2.75) is 26.2 Å². The lowest BCUT2D eigenvalue weighted by molar-refractivity contribution is -0.144. The van der Waals surface area contributed by atoms with Crippen LogP contribution in [0.4, 0.5) is 17.6 Å². The zero-order valence-corrected chi connectivity index (χ0v) is 11.0. The molecule has 1 N–H and O–H groups in total. The largest absolute Gasteiger partial charge is 0.401 e. The molecule has 2 nitrogen and oxygen atoms in total. The quantitative estimate of drug-likeness (QED) is 0.805. The molecule has 0 radical (unpaired) electrons. The highest BCUT2D eigenvalue weighted by Crippen LogP contribution is 2.18. The van der Waals surface area contributed by atoms with Gasteiger partial charge in [0.2, 0.25) is 0 Å². The summed E-state index contributed by atoms with van der Waals surface area (Å²) in [5.41, 5.74) is 1.14. The highest BCUT2D eigenvalue weighted by molar-refractivity contribution is 5.25. The van der Waals surface area contributed by atoms with Crippen molar-refractivity contribution >= 4 is 0 Å². The Morgan fingerprint density at radius 2 is 1.95 bits per heavy atom. The molecule has 0 aliphatic carbocycles. The fraction of sp³-hybridized carbons (Fsp3) is 0.538. The van der Waals surface area contributed by atoms with E-state index in [2.05, 4.69) is 5.32 Å². The molecule has 0 aromatic heterocycles. The van der Waals surface area contributed by atoms with E-state index in [9.17, 15) is 17.6 Å². The summed E-state index contributed by atoms with van der Waals surface area (Å²) < 4.78 is 50.2. The van der Waals surface area contributed by atoms with Crippen LogP contribution < -0.4 is 5.32 Å². The number of rotatable bonds is 6. The van der Waals surface area contributed by atoms with Gasteiger partial charge >= 0.3 is 6.18 Å². The summed E-state index contributed by atoms with van der Waals surface area (Å²) in [7, 11) is 1.32. The number of nitrogens with zero attached hydrogens (tertiary/aromatic N) is 1. The van der Waals surface area contributed by atoms with Crippen molar-refractivity contribution in [3.05, 3.63) is 35.1 Å². The van der Waals surface area contributed by atoms with Crippen molar-refractivity contribution in [2.75, 3.05) is 20.1 Å². The Bertz CT molecular complexity index is 404. The van der Waals surface area contributed by atoms with Crippen LogP contribution in [0.5, 0.6) is 0 Å². The Hall–Kier alpha value is -1.14. The lowest BCUT2D eigenvalue weighted by atomic mass is 10.1. The van der Waals surface area contributed by atoms with Crippen LogP contribution in [0.2, 0.25) is 0 Å². The van der Waals surface area contributed by atoms with Crippen LogP contribution >= 0.6 is 0 Å². The van der Waals surface area contributed by atoms with Crippen LogP contribution in [-0.4, -0.2) is 31.2 Å². The van der Waals surface area contributed by atoms with E-state index in [1.165, 1.54) is 13.1 Å². The Morgan fingerprint density at radius 3 is 2.53 bits per heavy atom. The van der Waals surface area contributed by atoms with E-state index in [0.29, 0.717) is 6.54 Å². The summed E-state index contributed by atoms with van der Waals surface area (Å²) in [6, 6.07) is 4.53. The molecule has 0 aliphatic heterocycles. The third-order valence-electron chi connectivity index (χ3n) is 2.58. The predicted octanol–water partition coefficient (Wildman–Crippen LogP) is 2.93. The maximum Gasteiger partial charge on any atom is 0.401 e. The van der Waals surface area contributed by atoms with Crippen molar-refractivity contribution in [2.24, 2.45) is 0 Å². The highest BCUT2D eigenvalue weighted by atomic mass is 19.4. The van der Waals surface area contributed by atoms with Gasteiger partial charge in [0.15, 0.2) is 0 Å². The summed E-state index contributed by atoms with van der Waals surface area (Å²) in [4.78, 5) is 1.05. The normalized spacial score (nSPS) is 12.2. The van der Waals surface area contributed by atoms with E-state index in [4.69, 9.17) is 0 Å². The van der Waals surface area contributed by atoms with Crippen LogP contribution in [-0.2, 0) is 13.1 Å². The lowest BCUT2D eigenvalue weighted by Crippen LogP contribution is -2.30. The van der Waals surface area contributed by atoms with E-state index < -0.39 is 18.5 Å². The molecule has 0 heterocycles. The second kappa shape index (κ2) is 6.86. The first-order valence-corrected chi connectivity index (χ1v) is 6.05. The van der Waals surface area contributed by atoms with Gasteiger partial charge in [-0.25, -0.2) is 4.39 Å². The standard InChI is InChI=1S/C13H18F4N2/c1-3-18-7-10-4-5-12(14)11(6-10)8-19(2)9-13(15,16)17/h4-6,18H,3,7-9H2,1-2H3. The molecule has 0 atom stereocenters. The summed E-state index contributed by atoms with van der Waals surface area (Å²) in [5, 5.41) is 3.09. The van der Waals surface area contributed by atoms with Crippen molar-refractivity contribution in [3.8, 4) is 0 Å². The molecule has 0 unspecified atom stereocenters. The van der Waals surface area contributed by atoms with Crippen molar-refractivity contribution < 1.29 is 17.6 Å². The number of hydrogen-bond acceptors (Lipinski definition) is 2. The zero-order chi connectivity index (χ0) is 14.5. The van der Waals surface area contributed by atoms with Gasteiger partial charge in [-0.2, -0.15) is 13.2 Å². The Labute approximate surface area is 110 Å². The van der Waals surface area contributed by atoms with E-state index in [-0.39, 0.29) is 12.1 Å². The fourth-order valence-corrected chi connectivity index (χ4v) is 1.78. The van der Waals surface area contributed by atoms with Crippen LogP contribution in [0.25, 0.3) is 0 Å². The topological polar surface area (TPSA) is 15.3 Å². The van der Waals surface area contributed by atoms with Gasteiger partial charge in [-0.15, -0.1) is 0 Å². The average Bonchev–Trinajstić information content (AvgIpc) is 2.27. The molecule has 0 aliphatic rings. The molecule has 0 bridgehead atoms. The Balaban J connectivity index is 2.70. The molecule has 0 spiro atoms. The van der Waals surface area contributed by atoms with Gasteiger partial charge in [0.25, 0.3) is 0 Å². The first kappa shape index (κ1) is 15.9. The summed E-state index contributed by atoms with van der Waals surface area (Å²) in [6.07, 6.45) is -4.27. The van der Waals surface area contributed by atoms with E-state index >= 15 is 0 Å². The second-order valence-electron chi connectivity index (χ2n) is 4.49. The minimum Gasteiger partial charge on any atom is -0.313 e. The Morgan fingerprint density at radius 1 is 1.26 bits per heavy atom. The summed E-state index contributed by atoms with van der Waals surface area (Å²) >= 11 is 0. The Kier molecular flexibility index (Phi) is 5.75. The molecular formula is C13H18F4N2. The van der Waals surface area contributed by atoms with Gasteiger partial charge in [-0.3, -0.25) is 4.90 Å². The van der Waals surface area contributed by atoms with E-state index in [0.717, 1.165) is 17.0 Å². The van der Waals surface area contributed by atoms with Gasteiger partial charge in [-0.05, 0) is 25.2 Å². The molecule has 19 heavy (non-hydrogen) atoms. The smallest absolute Gasteiger partial charge is 0.313 e. The molecular weight excluding hydrogens is 260 g/mol. The monoisotopic (exact) mass is 278 g/mol. The predicted molar refractivity (Wildman–Crippen MR) is 66.2 cm³/mol. The van der Waals surface area contributed by atoms with Gasteiger partial charge in [0, 0.05) is 18.7 Å². The minimum atomic E-state index is -4.27. The van der Waals surface area contributed by atoms with Gasteiger partial charge in [0.1, 0.15) is 5.82 Å². The van der Waals surface area contributed by atoms with Gasteiger partial charge < -0.3 is 5.32 Å². The molecule has 1 aromatic rings. The van der Waals surface area contributed by atoms with E-state index in [1.807, 2.05) is 6.92 Å². The molecule has 1 aromatic carbocycles. The molecule has 6 heteroatoms. The zero-order valence-electron chi connectivity index (χ0n) is 11.0. The third kappa shape index (κ3) is 6.02. The van der Waals surface area contributed by atoms with Gasteiger partial charge in [-0.1, -0.05) is 19.1 Å². The van der Waals surface area contributed by atoms with Crippen molar-refractivity contribution in [3.63, 3.8) is 0 Å². The molecule has 0 saturated heterocycles. The van der Waals surface area contributed by atoms with E-state index in [1.54, 1.807) is 12.1 Å². The first-order chi connectivity index (χ1) is 8.81. The maximum absolute atomic E-state index is 13.6. The van der Waals surface area contributed by atoms with Crippen molar-refractivity contribution in [1.82, 2.24) is 10.2 Å². The van der Waals surface area contributed by atoms with Crippen LogP contribution in [0, 0.1) is 5.82 Å². The lowest BCUT2D eigenvalue weighted by Gasteiger charge is -2.19. The third-order valence-corrected chi connectivity index (χ3v) is 2.58. The number of hydrogen-bond donors (Lipinski definition) is 1. The molecule has 0 fully saturated rings. The van der Waals surface area contributed by atoms with Crippen LogP contribution in [0.15, 0.2) is 18.2 Å². The molecule has 0 amide bonds. The molecule has 108 valence electrons. The maximum atomic E-state index is 13.6. The molecule has 0 saturated carbocycles.